The summed E-state index contributed by atoms with van der Waals surface area (Å²) >= 11 is 0. The maximum Gasteiger partial charge on any atom is 0.113 e. The molecule has 0 aliphatic heterocycles. The molecule has 0 aliphatic carbocycles. The first-order valence-corrected chi connectivity index (χ1v) is 8.65. The van der Waals surface area contributed by atoms with Gasteiger partial charge in [0.15, 0.2) is 0 Å². The van der Waals surface area contributed by atoms with Gasteiger partial charge in [-0.2, -0.15) is 0 Å². The zero-order chi connectivity index (χ0) is 16.8. The van der Waals surface area contributed by atoms with Gasteiger partial charge in [-0.05, 0) is 30.5 Å². The number of aliphatic hydroxyl groups is 1. The third-order valence-corrected chi connectivity index (χ3v) is 4.22. The standard InChI is InChI=1S/C21H24N2O/c1-2-3-9-21-22-20(18-7-5-4-6-8-18)16-23(21)19-12-10-17(11-13-19)14-15-24/h4-8,10-13,16,24H,2-3,9,14-15H2,1H3. The normalized spacial score (nSPS) is 10.9. The maximum atomic E-state index is 9.06. The molecule has 3 aromatic rings. The number of imidazole rings is 1. The van der Waals surface area contributed by atoms with E-state index in [0.717, 1.165) is 47.6 Å². The van der Waals surface area contributed by atoms with Crippen molar-refractivity contribution in [2.45, 2.75) is 32.6 Å². The number of benzene rings is 2. The van der Waals surface area contributed by atoms with Gasteiger partial charge in [-0.1, -0.05) is 55.8 Å². The minimum Gasteiger partial charge on any atom is -0.396 e. The van der Waals surface area contributed by atoms with Crippen LogP contribution in [0.25, 0.3) is 16.9 Å². The Balaban J connectivity index is 1.96. The quantitative estimate of drug-likeness (QED) is 0.700. The van der Waals surface area contributed by atoms with Crippen LogP contribution < -0.4 is 0 Å². The SMILES string of the molecule is CCCCc1nc(-c2ccccc2)cn1-c1ccc(CCO)cc1. The molecule has 0 bridgehead atoms. The third-order valence-electron chi connectivity index (χ3n) is 4.22. The fourth-order valence-corrected chi connectivity index (χ4v) is 2.85. The van der Waals surface area contributed by atoms with Crippen molar-refractivity contribution >= 4 is 0 Å². The van der Waals surface area contributed by atoms with Gasteiger partial charge in [-0.3, -0.25) is 0 Å². The molecule has 0 saturated heterocycles. The minimum absolute atomic E-state index is 0.185. The van der Waals surface area contributed by atoms with Gasteiger partial charge in [0.25, 0.3) is 0 Å². The number of unbranched alkanes of at least 4 members (excludes halogenated alkanes) is 1. The average molecular weight is 320 g/mol. The summed E-state index contributed by atoms with van der Waals surface area (Å²) in [5.41, 5.74) is 4.43. The van der Waals surface area contributed by atoms with Crippen LogP contribution in [0, 0.1) is 0 Å². The highest BCUT2D eigenvalue weighted by atomic mass is 16.2. The van der Waals surface area contributed by atoms with E-state index in [2.05, 4.69) is 54.1 Å². The highest BCUT2D eigenvalue weighted by Gasteiger charge is 2.11. The van der Waals surface area contributed by atoms with Gasteiger partial charge in [0.1, 0.15) is 5.82 Å². The van der Waals surface area contributed by atoms with E-state index in [1.165, 1.54) is 0 Å². The Morgan fingerprint density at radius 2 is 1.71 bits per heavy atom. The number of hydrogen-bond donors (Lipinski definition) is 1. The second kappa shape index (κ2) is 7.93. The number of rotatable bonds is 7. The predicted octanol–water partition coefficient (Wildman–Crippen LogP) is 4.42. The summed E-state index contributed by atoms with van der Waals surface area (Å²) in [4.78, 5) is 4.88. The first-order chi connectivity index (χ1) is 11.8. The third kappa shape index (κ3) is 3.74. The summed E-state index contributed by atoms with van der Waals surface area (Å²) in [5, 5.41) is 9.06. The molecule has 3 rings (SSSR count). The lowest BCUT2D eigenvalue weighted by Crippen LogP contribution is -2.01. The molecule has 2 aromatic carbocycles. The molecule has 0 radical (unpaired) electrons. The molecule has 24 heavy (non-hydrogen) atoms. The molecule has 3 heteroatoms. The summed E-state index contributed by atoms with van der Waals surface area (Å²) in [6.45, 7) is 2.39. The van der Waals surface area contributed by atoms with Crippen molar-refractivity contribution in [1.29, 1.82) is 0 Å². The lowest BCUT2D eigenvalue weighted by Gasteiger charge is -2.08. The first kappa shape index (κ1) is 16.5. The van der Waals surface area contributed by atoms with Crippen molar-refractivity contribution < 1.29 is 5.11 Å². The molecular weight excluding hydrogens is 296 g/mol. The fraction of sp³-hybridized carbons (Fsp3) is 0.286. The largest absolute Gasteiger partial charge is 0.396 e. The number of aryl methyl sites for hydroxylation is 1. The van der Waals surface area contributed by atoms with Crippen molar-refractivity contribution in [3.63, 3.8) is 0 Å². The lowest BCUT2D eigenvalue weighted by atomic mass is 10.1. The fourth-order valence-electron chi connectivity index (χ4n) is 2.85. The van der Waals surface area contributed by atoms with Gasteiger partial charge < -0.3 is 9.67 Å². The van der Waals surface area contributed by atoms with Crippen LogP contribution in [-0.4, -0.2) is 21.3 Å². The summed E-state index contributed by atoms with van der Waals surface area (Å²) in [5.74, 6) is 1.10. The summed E-state index contributed by atoms with van der Waals surface area (Å²) in [6.07, 6.45) is 6.09. The number of aromatic nitrogens is 2. The van der Waals surface area contributed by atoms with Gasteiger partial charge in [0.05, 0.1) is 5.69 Å². The number of hydrogen-bond acceptors (Lipinski definition) is 2. The highest BCUT2D eigenvalue weighted by Crippen LogP contribution is 2.23. The Morgan fingerprint density at radius 1 is 0.958 bits per heavy atom. The molecule has 0 amide bonds. The van der Waals surface area contributed by atoms with E-state index in [0.29, 0.717) is 6.42 Å². The second-order valence-corrected chi connectivity index (χ2v) is 6.02. The molecule has 0 atom stereocenters. The molecule has 0 fully saturated rings. The van der Waals surface area contributed by atoms with E-state index in [-0.39, 0.29) is 6.61 Å². The van der Waals surface area contributed by atoms with Crippen LogP contribution in [0.15, 0.2) is 60.8 Å². The van der Waals surface area contributed by atoms with E-state index in [1.54, 1.807) is 0 Å². The molecule has 0 aliphatic rings. The van der Waals surface area contributed by atoms with E-state index >= 15 is 0 Å². The minimum atomic E-state index is 0.185. The summed E-state index contributed by atoms with van der Waals surface area (Å²) < 4.78 is 2.20. The van der Waals surface area contributed by atoms with Gasteiger partial charge >= 0.3 is 0 Å². The number of nitrogens with zero attached hydrogens (tertiary/aromatic N) is 2. The van der Waals surface area contributed by atoms with Crippen molar-refractivity contribution in [3.05, 3.63) is 72.2 Å². The molecule has 3 nitrogen and oxygen atoms in total. The summed E-state index contributed by atoms with van der Waals surface area (Å²) in [6, 6.07) is 18.7. The Bertz CT molecular complexity index is 760. The smallest absolute Gasteiger partial charge is 0.113 e. The molecular formula is C21H24N2O. The highest BCUT2D eigenvalue weighted by molar-refractivity contribution is 5.59. The van der Waals surface area contributed by atoms with Crippen molar-refractivity contribution in [1.82, 2.24) is 9.55 Å². The van der Waals surface area contributed by atoms with Crippen LogP contribution in [0.4, 0.5) is 0 Å². The Labute approximate surface area is 143 Å². The monoisotopic (exact) mass is 320 g/mol. The van der Waals surface area contributed by atoms with Crippen LogP contribution >= 0.6 is 0 Å². The molecule has 1 N–H and O–H groups in total. The maximum absolute atomic E-state index is 9.06. The zero-order valence-electron chi connectivity index (χ0n) is 14.2. The zero-order valence-corrected chi connectivity index (χ0v) is 14.2. The van der Waals surface area contributed by atoms with Crippen molar-refractivity contribution in [3.8, 4) is 16.9 Å². The van der Waals surface area contributed by atoms with E-state index < -0.39 is 0 Å². The second-order valence-electron chi connectivity index (χ2n) is 6.02. The van der Waals surface area contributed by atoms with Gasteiger partial charge in [0.2, 0.25) is 0 Å². The van der Waals surface area contributed by atoms with Crippen LogP contribution in [0.2, 0.25) is 0 Å². The average Bonchev–Trinajstić information content (AvgIpc) is 3.06. The molecule has 1 heterocycles. The summed E-state index contributed by atoms with van der Waals surface area (Å²) in [7, 11) is 0. The van der Waals surface area contributed by atoms with Crippen LogP contribution in [0.3, 0.4) is 0 Å². The van der Waals surface area contributed by atoms with Gasteiger partial charge in [-0.25, -0.2) is 4.98 Å². The van der Waals surface area contributed by atoms with E-state index in [4.69, 9.17) is 10.1 Å². The molecule has 0 saturated carbocycles. The Hall–Kier alpha value is -2.39. The molecule has 0 unspecified atom stereocenters. The van der Waals surface area contributed by atoms with Gasteiger partial charge in [-0.15, -0.1) is 0 Å². The topological polar surface area (TPSA) is 38.0 Å². The van der Waals surface area contributed by atoms with E-state index in [9.17, 15) is 0 Å². The van der Waals surface area contributed by atoms with Crippen molar-refractivity contribution in [2.24, 2.45) is 0 Å². The van der Waals surface area contributed by atoms with E-state index in [1.807, 2.05) is 18.2 Å². The Kier molecular flexibility index (Phi) is 5.44. The van der Waals surface area contributed by atoms with Crippen LogP contribution in [0.1, 0.15) is 31.2 Å². The predicted molar refractivity (Wildman–Crippen MR) is 98.4 cm³/mol. The lowest BCUT2D eigenvalue weighted by molar-refractivity contribution is 0.299. The molecule has 1 aromatic heterocycles. The molecule has 0 spiro atoms. The Morgan fingerprint density at radius 3 is 2.38 bits per heavy atom. The van der Waals surface area contributed by atoms with Crippen molar-refractivity contribution in [2.75, 3.05) is 6.61 Å². The van der Waals surface area contributed by atoms with Crippen LogP contribution in [-0.2, 0) is 12.8 Å². The van der Waals surface area contributed by atoms with Crippen LogP contribution in [0.5, 0.6) is 0 Å². The van der Waals surface area contributed by atoms with Gasteiger partial charge in [0, 0.05) is 30.5 Å². The molecule has 124 valence electrons. The number of aliphatic hydroxyl groups excluding tert-OH is 1. The first-order valence-electron chi connectivity index (χ1n) is 8.65.